The Bertz CT molecular complexity index is 821. The number of nitrogens with zero attached hydrogens (tertiary/aromatic N) is 2. The third-order valence-electron chi connectivity index (χ3n) is 5.41. The number of nitrogens with one attached hydrogen (secondary N) is 2. The average molecular weight is 350 g/mol. The van der Waals surface area contributed by atoms with Crippen LogP contribution in [-0.4, -0.2) is 34.9 Å². The van der Waals surface area contributed by atoms with Crippen molar-refractivity contribution in [1.82, 2.24) is 9.88 Å². The highest BCUT2D eigenvalue weighted by Gasteiger charge is 2.61. The number of hydrogen-bond acceptors (Lipinski definition) is 3. The fourth-order valence-electron chi connectivity index (χ4n) is 3.74. The normalized spacial score (nSPS) is 23.7. The Morgan fingerprint density at radius 1 is 1.15 bits per heavy atom. The largest absolute Gasteiger partial charge is 0.324 e. The van der Waals surface area contributed by atoms with Gasteiger partial charge in [-0.1, -0.05) is 17.7 Å². The van der Waals surface area contributed by atoms with E-state index in [9.17, 15) is 9.59 Å². The summed E-state index contributed by atoms with van der Waals surface area (Å²) in [6, 6.07) is 11.3. The highest BCUT2D eigenvalue weighted by atomic mass is 16.2. The summed E-state index contributed by atoms with van der Waals surface area (Å²) in [5, 5.41) is 5.86. The smallest absolute Gasteiger partial charge is 0.321 e. The molecule has 2 heterocycles. The molecule has 4 rings (SSSR count). The zero-order valence-corrected chi connectivity index (χ0v) is 14.7. The van der Waals surface area contributed by atoms with Gasteiger partial charge in [0.05, 0.1) is 11.9 Å². The zero-order chi connectivity index (χ0) is 18.1. The monoisotopic (exact) mass is 350 g/mol. The molecule has 6 heteroatoms. The second-order valence-electron chi connectivity index (χ2n) is 7.32. The van der Waals surface area contributed by atoms with Crippen LogP contribution in [0.1, 0.15) is 18.4 Å². The van der Waals surface area contributed by atoms with Crippen molar-refractivity contribution in [1.29, 1.82) is 0 Å². The number of rotatable bonds is 3. The number of carbonyl (C=O) groups is 2. The maximum atomic E-state index is 12.5. The van der Waals surface area contributed by atoms with E-state index in [4.69, 9.17) is 0 Å². The summed E-state index contributed by atoms with van der Waals surface area (Å²) in [7, 11) is 0. The molecular weight excluding hydrogens is 328 g/mol. The van der Waals surface area contributed by atoms with Gasteiger partial charge in [0.25, 0.3) is 0 Å². The Morgan fingerprint density at radius 2 is 1.96 bits per heavy atom. The lowest BCUT2D eigenvalue weighted by Gasteiger charge is -2.17. The van der Waals surface area contributed by atoms with Gasteiger partial charge in [-0.2, -0.15) is 0 Å². The number of carbonyl (C=O) groups excluding carboxylic acids is 2. The lowest BCUT2D eigenvalue weighted by molar-refractivity contribution is -0.118. The third-order valence-corrected chi connectivity index (χ3v) is 5.41. The number of pyridine rings is 1. The summed E-state index contributed by atoms with van der Waals surface area (Å²) in [4.78, 5) is 30.8. The number of anilines is 2. The predicted molar refractivity (Wildman–Crippen MR) is 99.8 cm³/mol. The molecule has 2 fully saturated rings. The fraction of sp³-hybridized carbons (Fsp3) is 0.350. The molecule has 2 aromatic rings. The van der Waals surface area contributed by atoms with Crippen molar-refractivity contribution in [2.24, 2.45) is 11.3 Å². The number of benzene rings is 1. The van der Waals surface area contributed by atoms with Gasteiger partial charge in [0, 0.05) is 36.3 Å². The van der Waals surface area contributed by atoms with Gasteiger partial charge < -0.3 is 15.5 Å². The molecule has 0 radical (unpaired) electrons. The second kappa shape index (κ2) is 6.44. The number of amides is 3. The number of hydrogen-bond donors (Lipinski definition) is 2. The van der Waals surface area contributed by atoms with Crippen molar-refractivity contribution in [3.05, 3.63) is 54.4 Å². The van der Waals surface area contributed by atoms with Crippen LogP contribution in [0.3, 0.4) is 0 Å². The van der Waals surface area contributed by atoms with E-state index in [2.05, 4.69) is 15.6 Å². The van der Waals surface area contributed by atoms with Crippen LogP contribution < -0.4 is 10.6 Å². The van der Waals surface area contributed by atoms with Crippen molar-refractivity contribution >= 4 is 23.3 Å². The van der Waals surface area contributed by atoms with Gasteiger partial charge in [0.15, 0.2) is 0 Å². The van der Waals surface area contributed by atoms with Crippen molar-refractivity contribution in [2.45, 2.75) is 19.8 Å². The van der Waals surface area contributed by atoms with Gasteiger partial charge in [0.1, 0.15) is 0 Å². The van der Waals surface area contributed by atoms with Crippen LogP contribution in [0.2, 0.25) is 0 Å². The Labute approximate surface area is 152 Å². The van der Waals surface area contributed by atoms with Crippen molar-refractivity contribution in [3.63, 3.8) is 0 Å². The summed E-state index contributed by atoms with van der Waals surface area (Å²) < 4.78 is 0. The first-order valence-corrected chi connectivity index (χ1v) is 8.89. The molecule has 1 spiro atoms. The maximum Gasteiger partial charge on any atom is 0.321 e. The highest BCUT2D eigenvalue weighted by Crippen LogP contribution is 2.58. The van der Waals surface area contributed by atoms with E-state index in [-0.39, 0.29) is 23.3 Å². The Kier molecular flexibility index (Phi) is 4.11. The molecule has 2 atom stereocenters. The average Bonchev–Trinajstić information content (AvgIpc) is 3.18. The molecule has 6 nitrogen and oxygen atoms in total. The van der Waals surface area contributed by atoms with E-state index in [1.807, 2.05) is 42.2 Å². The molecule has 3 amide bonds. The summed E-state index contributed by atoms with van der Waals surface area (Å²) in [6.45, 7) is 3.34. The minimum atomic E-state index is -0.0935. The van der Waals surface area contributed by atoms with Gasteiger partial charge >= 0.3 is 6.03 Å². The highest BCUT2D eigenvalue weighted by molar-refractivity contribution is 5.95. The zero-order valence-electron chi connectivity index (χ0n) is 14.7. The first kappa shape index (κ1) is 16.6. The summed E-state index contributed by atoms with van der Waals surface area (Å²) in [5.74, 6) is -0.00123. The minimum Gasteiger partial charge on any atom is -0.324 e. The molecule has 0 unspecified atom stereocenters. The predicted octanol–water partition coefficient (Wildman–Crippen LogP) is 3.27. The van der Waals surface area contributed by atoms with E-state index < -0.39 is 0 Å². The number of urea groups is 1. The number of aryl methyl sites for hydroxylation is 1. The summed E-state index contributed by atoms with van der Waals surface area (Å²) >= 11 is 0. The molecule has 134 valence electrons. The molecule has 26 heavy (non-hydrogen) atoms. The molecule has 0 bridgehead atoms. The topological polar surface area (TPSA) is 74.3 Å². The van der Waals surface area contributed by atoms with Crippen LogP contribution in [0.15, 0.2) is 48.8 Å². The maximum absolute atomic E-state index is 12.5. The van der Waals surface area contributed by atoms with Gasteiger partial charge in [-0.3, -0.25) is 9.78 Å². The Hall–Kier alpha value is -2.89. The summed E-state index contributed by atoms with van der Waals surface area (Å²) in [5.41, 5.74) is 2.61. The lowest BCUT2D eigenvalue weighted by Crippen LogP contribution is -2.33. The Morgan fingerprint density at radius 3 is 2.69 bits per heavy atom. The first-order chi connectivity index (χ1) is 12.6. The van der Waals surface area contributed by atoms with Gasteiger partial charge in [-0.15, -0.1) is 0 Å². The number of likely N-dealkylation sites (tertiary alicyclic amines) is 1. The van der Waals surface area contributed by atoms with E-state index in [0.717, 1.165) is 24.1 Å². The van der Waals surface area contributed by atoms with Gasteiger partial charge in [-0.25, -0.2) is 4.79 Å². The van der Waals surface area contributed by atoms with E-state index in [1.54, 1.807) is 18.5 Å². The van der Waals surface area contributed by atoms with E-state index in [0.29, 0.717) is 18.8 Å². The number of aromatic nitrogens is 1. The van der Waals surface area contributed by atoms with Crippen LogP contribution in [0.5, 0.6) is 0 Å². The molecule has 1 aromatic carbocycles. The minimum absolute atomic E-state index is 0.0267. The lowest BCUT2D eigenvalue weighted by atomic mass is 10.0. The molecule has 1 saturated carbocycles. The van der Waals surface area contributed by atoms with Crippen LogP contribution in [0.25, 0.3) is 0 Å². The molecule has 1 aliphatic heterocycles. The molecular formula is C20H22N4O2. The van der Waals surface area contributed by atoms with Crippen LogP contribution >= 0.6 is 0 Å². The quantitative estimate of drug-likeness (QED) is 0.892. The van der Waals surface area contributed by atoms with Crippen molar-refractivity contribution in [3.8, 4) is 0 Å². The molecule has 2 N–H and O–H groups in total. The van der Waals surface area contributed by atoms with Crippen LogP contribution in [0.4, 0.5) is 16.2 Å². The fourth-order valence-corrected chi connectivity index (χ4v) is 3.74. The first-order valence-electron chi connectivity index (χ1n) is 8.89. The van der Waals surface area contributed by atoms with Crippen molar-refractivity contribution < 1.29 is 9.59 Å². The molecule has 2 aliphatic rings. The Balaban J connectivity index is 1.33. The third kappa shape index (κ3) is 3.27. The standard InChI is InChI=1S/C20H22N4O2/c1-14-4-6-15(7-5-14)23-19(26)24-10-8-20(13-24)11-17(20)18(25)22-16-3-2-9-21-12-16/h2-7,9,12,17H,8,10-11,13H2,1H3,(H,22,25)(H,23,26)/t17-,20+/m1/s1. The van der Waals surface area contributed by atoms with Gasteiger partial charge in [0.2, 0.25) is 5.91 Å². The van der Waals surface area contributed by atoms with Crippen LogP contribution in [0, 0.1) is 18.3 Å². The molecule has 1 aromatic heterocycles. The molecule has 1 saturated heterocycles. The van der Waals surface area contributed by atoms with Crippen molar-refractivity contribution in [2.75, 3.05) is 23.7 Å². The SMILES string of the molecule is Cc1ccc(NC(=O)N2CC[C@]3(C[C@@H]3C(=O)Nc3cccnc3)C2)cc1. The summed E-state index contributed by atoms with van der Waals surface area (Å²) in [6.07, 6.45) is 5.03. The van der Waals surface area contributed by atoms with Gasteiger partial charge in [-0.05, 0) is 44.0 Å². The van der Waals surface area contributed by atoms with Crippen LogP contribution in [-0.2, 0) is 4.79 Å². The van der Waals surface area contributed by atoms with E-state index >= 15 is 0 Å². The van der Waals surface area contributed by atoms with E-state index in [1.165, 1.54) is 0 Å². The molecule has 1 aliphatic carbocycles. The second-order valence-corrected chi connectivity index (χ2v) is 7.32.